The highest BCUT2D eigenvalue weighted by Gasteiger charge is 2.37. The Morgan fingerprint density at radius 1 is 1.04 bits per heavy atom. The summed E-state index contributed by atoms with van der Waals surface area (Å²) in [4.78, 5) is 56.5. The minimum absolute atomic E-state index is 0.0194. The lowest BCUT2D eigenvalue weighted by molar-refractivity contribution is -0.159. The van der Waals surface area contributed by atoms with Crippen LogP contribution >= 0.6 is 23.1 Å². The molecule has 10 nitrogen and oxygen atoms in total. The van der Waals surface area contributed by atoms with E-state index in [0.29, 0.717) is 37.7 Å². The molecule has 2 fully saturated rings. The van der Waals surface area contributed by atoms with Crippen molar-refractivity contribution in [2.45, 2.75) is 116 Å². The molecule has 1 N–H and O–H groups in total. The molecule has 0 radical (unpaired) electrons. The summed E-state index contributed by atoms with van der Waals surface area (Å²) in [6.45, 7) is 14.7. The molecular weight excluding hydrogens is 615 g/mol. The van der Waals surface area contributed by atoms with E-state index < -0.39 is 29.3 Å². The monoisotopic (exact) mass is 667 g/mol. The fourth-order valence-electron chi connectivity index (χ4n) is 5.55. The van der Waals surface area contributed by atoms with Crippen molar-refractivity contribution < 1.29 is 33.4 Å². The van der Waals surface area contributed by atoms with E-state index in [1.807, 2.05) is 32.2 Å². The SMILES string of the molecule is CCOC(=O)C(CCCCC1CCN(C(=O)OC(C)(C)C)CC1)N[C@H]1CS[C@H](c2cccs2)CN(CC(=O)OC(C)(C)C)C1=O. The number of hydrogen-bond donors (Lipinski definition) is 1. The number of carbonyl (C=O) groups is 4. The first-order chi connectivity index (χ1) is 21.1. The van der Waals surface area contributed by atoms with Gasteiger partial charge in [-0.15, -0.1) is 23.1 Å². The predicted octanol–water partition coefficient (Wildman–Crippen LogP) is 5.80. The minimum atomic E-state index is -0.657. The van der Waals surface area contributed by atoms with Crippen molar-refractivity contribution in [2.24, 2.45) is 5.92 Å². The Hall–Kier alpha value is -2.31. The lowest BCUT2D eigenvalue weighted by atomic mass is 9.91. The topological polar surface area (TPSA) is 114 Å². The molecule has 12 heteroatoms. The van der Waals surface area contributed by atoms with Crippen molar-refractivity contribution in [3.8, 4) is 0 Å². The average molecular weight is 668 g/mol. The van der Waals surface area contributed by atoms with Gasteiger partial charge in [0.25, 0.3) is 0 Å². The van der Waals surface area contributed by atoms with Crippen molar-refractivity contribution >= 4 is 47.0 Å². The van der Waals surface area contributed by atoms with Crippen molar-refractivity contribution in [1.29, 1.82) is 0 Å². The normalized spacial score (nSPS) is 20.8. The van der Waals surface area contributed by atoms with Crippen molar-refractivity contribution in [2.75, 3.05) is 38.5 Å². The molecule has 3 heterocycles. The maximum Gasteiger partial charge on any atom is 0.410 e. The van der Waals surface area contributed by atoms with Crippen LogP contribution in [0.5, 0.6) is 0 Å². The van der Waals surface area contributed by atoms with E-state index in [9.17, 15) is 19.2 Å². The number of thiophene rings is 1. The van der Waals surface area contributed by atoms with E-state index in [-0.39, 0.29) is 36.4 Å². The quantitative estimate of drug-likeness (QED) is 0.168. The van der Waals surface area contributed by atoms with Crippen LogP contribution in [0.4, 0.5) is 4.79 Å². The Balaban J connectivity index is 1.58. The molecule has 1 aromatic rings. The smallest absolute Gasteiger partial charge is 0.410 e. The number of likely N-dealkylation sites (tertiary alicyclic amines) is 1. The van der Waals surface area contributed by atoms with Gasteiger partial charge in [-0.1, -0.05) is 25.3 Å². The fourth-order valence-corrected chi connectivity index (χ4v) is 7.81. The van der Waals surface area contributed by atoms with Crippen LogP contribution in [0.15, 0.2) is 17.5 Å². The van der Waals surface area contributed by atoms with Crippen LogP contribution in [0.2, 0.25) is 0 Å². The van der Waals surface area contributed by atoms with Crippen LogP contribution in [0, 0.1) is 5.92 Å². The predicted molar refractivity (Wildman–Crippen MR) is 178 cm³/mol. The molecular formula is C33H53N3O7S2. The molecule has 3 rings (SSSR count). The number of piperidine rings is 1. The van der Waals surface area contributed by atoms with Gasteiger partial charge in [0.2, 0.25) is 5.91 Å². The first-order valence-corrected chi connectivity index (χ1v) is 18.1. The number of rotatable bonds is 12. The lowest BCUT2D eigenvalue weighted by Gasteiger charge is -2.33. The van der Waals surface area contributed by atoms with Gasteiger partial charge in [0.1, 0.15) is 23.8 Å². The molecule has 1 aromatic heterocycles. The molecule has 0 spiro atoms. The molecule has 0 bridgehead atoms. The maximum atomic E-state index is 13.8. The zero-order valence-electron chi connectivity index (χ0n) is 28.1. The molecule has 0 aromatic carbocycles. The van der Waals surface area contributed by atoms with Gasteiger partial charge in [-0.05, 0) is 85.1 Å². The third-order valence-electron chi connectivity index (χ3n) is 7.66. The summed E-state index contributed by atoms with van der Waals surface area (Å²) in [6, 6.07) is 2.77. The number of nitrogens with one attached hydrogen (secondary N) is 1. The van der Waals surface area contributed by atoms with Gasteiger partial charge in [-0.3, -0.25) is 19.7 Å². The number of carbonyl (C=O) groups excluding carboxylic acids is 4. The molecule has 2 aliphatic heterocycles. The van der Waals surface area contributed by atoms with Crippen LogP contribution in [0.1, 0.15) is 97.1 Å². The van der Waals surface area contributed by atoms with Gasteiger partial charge in [0.05, 0.1) is 17.9 Å². The molecule has 2 aliphatic rings. The van der Waals surface area contributed by atoms with Gasteiger partial charge in [0.15, 0.2) is 0 Å². The molecule has 3 atom stereocenters. The molecule has 2 amide bonds. The zero-order chi connectivity index (χ0) is 33.2. The number of ether oxygens (including phenoxy) is 3. The Labute approximate surface area is 277 Å². The number of esters is 2. The van der Waals surface area contributed by atoms with Crippen LogP contribution in [0.25, 0.3) is 0 Å². The molecule has 0 aliphatic carbocycles. The van der Waals surface area contributed by atoms with Crippen LogP contribution in [0.3, 0.4) is 0 Å². The van der Waals surface area contributed by atoms with Gasteiger partial charge in [-0.25, -0.2) is 4.79 Å². The van der Waals surface area contributed by atoms with Crippen molar-refractivity contribution in [3.05, 3.63) is 22.4 Å². The molecule has 0 saturated carbocycles. The van der Waals surface area contributed by atoms with Crippen LogP contribution < -0.4 is 5.32 Å². The summed E-state index contributed by atoms with van der Waals surface area (Å²) in [5.41, 5.74) is -1.16. The third kappa shape index (κ3) is 12.8. The van der Waals surface area contributed by atoms with E-state index >= 15 is 0 Å². The standard InChI is InChI=1S/C33H53N3O7S2/c1-8-41-30(39)24(13-10-9-12-23-15-17-35(18-16-23)31(40)43-33(5,6)7)34-25-22-45-27(26-14-11-19-44-26)20-36(29(25)38)21-28(37)42-32(2,3)4/h11,14,19,23-25,27,34H,8-10,12-13,15-18,20-22H2,1-7H3/t24?,25-,27-/m0/s1. The molecule has 2 saturated heterocycles. The van der Waals surface area contributed by atoms with Gasteiger partial charge in [-0.2, -0.15) is 0 Å². The Morgan fingerprint density at radius 3 is 2.33 bits per heavy atom. The fraction of sp³-hybridized carbons (Fsp3) is 0.758. The highest BCUT2D eigenvalue weighted by atomic mass is 32.2. The number of nitrogens with zero attached hydrogens (tertiary/aromatic N) is 2. The largest absolute Gasteiger partial charge is 0.465 e. The summed E-state index contributed by atoms with van der Waals surface area (Å²) >= 11 is 3.29. The van der Waals surface area contributed by atoms with E-state index in [1.54, 1.807) is 60.6 Å². The minimum Gasteiger partial charge on any atom is -0.465 e. The summed E-state index contributed by atoms with van der Waals surface area (Å²) < 4.78 is 16.4. The maximum absolute atomic E-state index is 13.8. The highest BCUT2D eigenvalue weighted by molar-refractivity contribution is 7.99. The van der Waals surface area contributed by atoms with E-state index in [4.69, 9.17) is 14.2 Å². The second kappa shape index (κ2) is 17.0. The summed E-state index contributed by atoms with van der Waals surface area (Å²) in [7, 11) is 0. The van der Waals surface area contributed by atoms with Gasteiger partial charge in [0, 0.05) is 30.3 Å². The number of unbranched alkanes of at least 4 members (excludes halogenated alkanes) is 1. The summed E-state index contributed by atoms with van der Waals surface area (Å²) in [6.07, 6.45) is 4.93. The van der Waals surface area contributed by atoms with Gasteiger partial charge < -0.3 is 24.0 Å². The Bertz CT molecular complexity index is 1110. The number of thioether (sulfide) groups is 1. The molecule has 45 heavy (non-hydrogen) atoms. The van der Waals surface area contributed by atoms with Crippen LogP contribution in [-0.2, 0) is 28.6 Å². The van der Waals surface area contributed by atoms with E-state index in [1.165, 1.54) is 0 Å². The van der Waals surface area contributed by atoms with Crippen molar-refractivity contribution in [3.63, 3.8) is 0 Å². The van der Waals surface area contributed by atoms with E-state index in [2.05, 4.69) is 11.4 Å². The summed E-state index contributed by atoms with van der Waals surface area (Å²) in [5.74, 6) is -0.0335. The third-order valence-corrected chi connectivity index (χ3v) is 10.1. The molecule has 254 valence electrons. The van der Waals surface area contributed by atoms with Gasteiger partial charge >= 0.3 is 18.0 Å². The average Bonchev–Trinajstić information content (AvgIpc) is 3.43. The number of hydrogen-bond acceptors (Lipinski definition) is 10. The zero-order valence-corrected chi connectivity index (χ0v) is 29.7. The van der Waals surface area contributed by atoms with Crippen molar-refractivity contribution in [1.82, 2.24) is 15.1 Å². The Kier molecular flexibility index (Phi) is 14.0. The second-order valence-electron chi connectivity index (χ2n) is 13.9. The Morgan fingerprint density at radius 2 is 1.73 bits per heavy atom. The summed E-state index contributed by atoms with van der Waals surface area (Å²) in [5, 5.41) is 5.36. The van der Waals surface area contributed by atoms with Crippen LogP contribution in [-0.4, -0.2) is 95.6 Å². The van der Waals surface area contributed by atoms with E-state index in [0.717, 1.165) is 37.0 Å². The number of amides is 2. The lowest BCUT2D eigenvalue weighted by Crippen LogP contribution is -2.54. The molecule has 1 unspecified atom stereocenters. The first-order valence-electron chi connectivity index (χ1n) is 16.2. The first kappa shape index (κ1) is 37.2. The second-order valence-corrected chi connectivity index (χ2v) is 16.1. The highest BCUT2D eigenvalue weighted by Crippen LogP contribution is 2.36.